The number of ketones is 1. The van der Waals surface area contributed by atoms with Gasteiger partial charge in [0.15, 0.2) is 5.78 Å². The molecule has 6 nitrogen and oxygen atoms in total. The molecule has 0 atom stereocenters. The molecule has 2 aromatic rings. The Morgan fingerprint density at radius 3 is 2.19 bits per heavy atom. The van der Waals surface area contributed by atoms with Gasteiger partial charge in [0.05, 0.1) is 18.1 Å². The lowest BCUT2D eigenvalue weighted by atomic mass is 10.1. The van der Waals surface area contributed by atoms with Crippen LogP contribution >= 0.6 is 11.6 Å². The van der Waals surface area contributed by atoms with E-state index >= 15 is 0 Å². The predicted molar refractivity (Wildman–Crippen MR) is 123 cm³/mol. The zero-order valence-corrected chi connectivity index (χ0v) is 19.5. The second kappa shape index (κ2) is 9.73. The number of nitrogens with zero attached hydrogens (tertiary/aromatic N) is 4. The number of carbonyl (C=O) groups is 2. The summed E-state index contributed by atoms with van der Waals surface area (Å²) < 4.78 is 15.5. The van der Waals surface area contributed by atoms with Crippen LogP contribution in [0, 0.1) is 19.7 Å². The van der Waals surface area contributed by atoms with Crippen molar-refractivity contribution in [3.8, 4) is 5.69 Å². The number of piperazine rings is 1. The number of halogens is 2. The highest BCUT2D eigenvalue weighted by Gasteiger charge is 2.25. The van der Waals surface area contributed by atoms with Crippen molar-refractivity contribution in [2.45, 2.75) is 26.7 Å². The van der Waals surface area contributed by atoms with E-state index in [0.717, 1.165) is 69.2 Å². The second-order valence-electron chi connectivity index (χ2n) is 8.78. The van der Waals surface area contributed by atoms with Gasteiger partial charge in [-0.3, -0.25) is 19.4 Å². The van der Waals surface area contributed by atoms with Gasteiger partial charge in [-0.2, -0.15) is 0 Å². The number of Topliss-reactive ketones (excluding diaryl/α,β-unsaturated/α-hetero) is 1. The van der Waals surface area contributed by atoms with Gasteiger partial charge in [-0.1, -0.05) is 11.6 Å². The second-order valence-corrected chi connectivity index (χ2v) is 9.19. The summed E-state index contributed by atoms with van der Waals surface area (Å²) in [5.74, 6) is -0.171. The summed E-state index contributed by atoms with van der Waals surface area (Å²) in [6.07, 6.45) is 2.22. The van der Waals surface area contributed by atoms with E-state index in [1.165, 1.54) is 6.07 Å². The zero-order valence-electron chi connectivity index (χ0n) is 18.7. The zero-order chi connectivity index (χ0) is 22.8. The molecule has 2 saturated heterocycles. The molecule has 8 heteroatoms. The number of benzene rings is 1. The van der Waals surface area contributed by atoms with Crippen molar-refractivity contribution in [3.63, 3.8) is 0 Å². The Labute approximate surface area is 193 Å². The van der Waals surface area contributed by atoms with Crippen LogP contribution in [0.3, 0.4) is 0 Å². The van der Waals surface area contributed by atoms with Crippen molar-refractivity contribution in [1.82, 2.24) is 19.3 Å². The number of carbonyl (C=O) groups excluding carboxylic acids is 2. The minimum Gasteiger partial charge on any atom is -0.342 e. The number of aryl methyl sites for hydroxylation is 1. The molecule has 2 aliphatic rings. The molecule has 0 unspecified atom stereocenters. The van der Waals surface area contributed by atoms with Crippen molar-refractivity contribution in [3.05, 3.63) is 52.1 Å². The molecule has 32 heavy (non-hydrogen) atoms. The van der Waals surface area contributed by atoms with Crippen LogP contribution in [0.5, 0.6) is 0 Å². The van der Waals surface area contributed by atoms with Gasteiger partial charge in [0.25, 0.3) is 0 Å². The first-order valence-electron chi connectivity index (χ1n) is 11.2. The molecule has 172 valence electrons. The maximum absolute atomic E-state index is 13.6. The fraction of sp³-hybridized carbons (Fsp3) is 0.500. The van der Waals surface area contributed by atoms with Gasteiger partial charge in [-0.15, -0.1) is 0 Å². The van der Waals surface area contributed by atoms with Gasteiger partial charge < -0.3 is 9.47 Å². The molecule has 3 heterocycles. The van der Waals surface area contributed by atoms with E-state index in [0.29, 0.717) is 18.7 Å². The summed E-state index contributed by atoms with van der Waals surface area (Å²) in [6.45, 7) is 9.55. The summed E-state index contributed by atoms with van der Waals surface area (Å²) in [6, 6.07) is 6.47. The third-order valence-corrected chi connectivity index (χ3v) is 6.83. The van der Waals surface area contributed by atoms with E-state index in [1.807, 2.05) is 29.4 Å². The lowest BCUT2D eigenvalue weighted by molar-refractivity contribution is -0.131. The van der Waals surface area contributed by atoms with Gasteiger partial charge in [0.1, 0.15) is 5.82 Å². The smallest absolute Gasteiger partial charge is 0.236 e. The van der Waals surface area contributed by atoms with Crippen molar-refractivity contribution < 1.29 is 14.0 Å². The maximum Gasteiger partial charge on any atom is 0.236 e. The third kappa shape index (κ3) is 4.90. The van der Waals surface area contributed by atoms with E-state index < -0.39 is 5.82 Å². The van der Waals surface area contributed by atoms with E-state index in [9.17, 15) is 14.0 Å². The molecule has 4 rings (SSSR count). The maximum atomic E-state index is 13.6. The molecule has 0 aliphatic carbocycles. The number of rotatable bonds is 6. The number of hydrogen-bond acceptors (Lipinski definition) is 4. The highest BCUT2D eigenvalue weighted by atomic mass is 35.5. The molecule has 1 amide bonds. The lowest BCUT2D eigenvalue weighted by Crippen LogP contribution is -2.50. The minimum atomic E-state index is -0.463. The molecular formula is C24H30ClFN4O2. The van der Waals surface area contributed by atoms with Crippen molar-refractivity contribution in [2.24, 2.45) is 0 Å². The van der Waals surface area contributed by atoms with Gasteiger partial charge in [0, 0.05) is 61.9 Å². The largest absolute Gasteiger partial charge is 0.342 e. The normalized spacial score (nSPS) is 17.8. The third-order valence-electron chi connectivity index (χ3n) is 6.54. The van der Waals surface area contributed by atoms with Crippen molar-refractivity contribution >= 4 is 23.3 Å². The summed E-state index contributed by atoms with van der Waals surface area (Å²) in [5, 5.41) is 0.0592. The van der Waals surface area contributed by atoms with E-state index in [-0.39, 0.29) is 16.7 Å². The number of hydrogen-bond donors (Lipinski definition) is 0. The summed E-state index contributed by atoms with van der Waals surface area (Å²) >= 11 is 5.96. The van der Waals surface area contributed by atoms with Gasteiger partial charge in [-0.05, 0) is 51.0 Å². The van der Waals surface area contributed by atoms with Crippen LogP contribution in [0.1, 0.15) is 34.6 Å². The first-order chi connectivity index (χ1) is 15.3. The average Bonchev–Trinajstić information content (AvgIpc) is 3.40. The first kappa shape index (κ1) is 23.0. The summed E-state index contributed by atoms with van der Waals surface area (Å²) in [4.78, 5) is 31.7. The van der Waals surface area contributed by atoms with Crippen LogP contribution in [0.15, 0.2) is 24.3 Å². The molecule has 1 aromatic carbocycles. The molecule has 0 N–H and O–H groups in total. The Kier molecular flexibility index (Phi) is 6.98. The fourth-order valence-electron chi connectivity index (χ4n) is 4.72. The summed E-state index contributed by atoms with van der Waals surface area (Å²) in [7, 11) is 0. The number of likely N-dealkylation sites (tertiary alicyclic amines) is 1. The Hall–Kier alpha value is -2.22. The van der Waals surface area contributed by atoms with Crippen molar-refractivity contribution in [2.75, 3.05) is 52.4 Å². The predicted octanol–water partition coefficient (Wildman–Crippen LogP) is 3.31. The molecule has 2 fully saturated rings. The number of amides is 1. The van der Waals surface area contributed by atoms with Crippen LogP contribution < -0.4 is 0 Å². The molecule has 2 aliphatic heterocycles. The Morgan fingerprint density at radius 1 is 0.938 bits per heavy atom. The van der Waals surface area contributed by atoms with Crippen LogP contribution in [0.25, 0.3) is 5.69 Å². The Bertz CT molecular complexity index is 1010. The van der Waals surface area contributed by atoms with Gasteiger partial charge >= 0.3 is 0 Å². The quantitative estimate of drug-likeness (QED) is 0.620. The fourth-order valence-corrected chi connectivity index (χ4v) is 4.89. The standard InChI is InChI=1S/C24H30ClFN4O2/c1-17-13-20(18(2)30(17)19-5-6-22(26)21(25)14-19)23(31)15-27-9-11-28(12-10-27)16-24(32)29-7-3-4-8-29/h5-6,13-14H,3-4,7-12,15-16H2,1-2H3. The summed E-state index contributed by atoms with van der Waals surface area (Å²) in [5.41, 5.74) is 3.14. The SMILES string of the molecule is Cc1cc(C(=O)CN2CCN(CC(=O)N3CCCC3)CC2)c(C)n1-c1ccc(F)c(Cl)c1. The average molecular weight is 461 g/mol. The van der Waals surface area contributed by atoms with Crippen molar-refractivity contribution in [1.29, 1.82) is 0 Å². The Morgan fingerprint density at radius 2 is 1.56 bits per heavy atom. The monoisotopic (exact) mass is 460 g/mol. The van der Waals surface area contributed by atoms with Crippen LogP contribution in [0.4, 0.5) is 4.39 Å². The number of aromatic nitrogens is 1. The van der Waals surface area contributed by atoms with Crippen LogP contribution in [-0.2, 0) is 4.79 Å². The Balaban J connectivity index is 1.35. The van der Waals surface area contributed by atoms with Gasteiger partial charge in [-0.25, -0.2) is 4.39 Å². The topological polar surface area (TPSA) is 48.8 Å². The van der Waals surface area contributed by atoms with Gasteiger partial charge in [0.2, 0.25) is 5.91 Å². The molecule has 0 bridgehead atoms. The van der Waals surface area contributed by atoms with Crippen LogP contribution in [0.2, 0.25) is 5.02 Å². The molecule has 0 saturated carbocycles. The molecule has 1 aromatic heterocycles. The van der Waals surface area contributed by atoms with Crippen LogP contribution in [-0.4, -0.2) is 83.3 Å². The first-order valence-corrected chi connectivity index (χ1v) is 11.6. The molecular weight excluding hydrogens is 431 g/mol. The van der Waals surface area contributed by atoms with E-state index in [4.69, 9.17) is 11.6 Å². The highest BCUT2D eigenvalue weighted by molar-refractivity contribution is 6.30. The highest BCUT2D eigenvalue weighted by Crippen LogP contribution is 2.25. The van der Waals surface area contributed by atoms with E-state index in [1.54, 1.807) is 12.1 Å². The van der Waals surface area contributed by atoms with E-state index in [2.05, 4.69) is 9.80 Å². The lowest BCUT2D eigenvalue weighted by Gasteiger charge is -2.34. The molecule has 0 spiro atoms. The molecule has 0 radical (unpaired) electrons. The minimum absolute atomic E-state index is 0.0592.